The summed E-state index contributed by atoms with van der Waals surface area (Å²) >= 11 is 0. The molecule has 0 amide bonds. The topological polar surface area (TPSA) is 89.2 Å². The van der Waals surface area contributed by atoms with Crippen LogP contribution in [0.25, 0.3) is 0 Å². The van der Waals surface area contributed by atoms with Gasteiger partial charge in [-0.05, 0) is 0 Å². The van der Waals surface area contributed by atoms with Crippen LogP contribution < -0.4 is 21.6 Å². The van der Waals surface area contributed by atoms with Gasteiger partial charge >= 0.3 is 0 Å². The Kier molecular flexibility index (Phi) is 49.2. The molecule has 0 N–H and O–H groups in total. The Morgan fingerprint density at radius 1 is 0.333 bits per heavy atom. The van der Waals surface area contributed by atoms with Gasteiger partial charge in [-0.2, -0.15) is 21.6 Å². The van der Waals surface area contributed by atoms with Crippen LogP contribution in [0.2, 0.25) is 78.6 Å². The van der Waals surface area contributed by atoms with E-state index in [1.165, 1.54) is 0 Å². The van der Waals surface area contributed by atoms with Gasteiger partial charge in [0.25, 0.3) is 0 Å². The maximum atomic E-state index is 8.66. The average Bonchev–Trinajstić information content (AvgIpc) is 1.62. The molecule has 144 valence electrons. The van der Waals surface area contributed by atoms with Crippen LogP contribution in [0.5, 0.6) is 0 Å². The minimum Gasteiger partial charge on any atom is -0.189 e. The van der Waals surface area contributed by atoms with E-state index in [1.54, 1.807) is 0 Å². The zero-order chi connectivity index (χ0) is 18.0. The van der Waals surface area contributed by atoms with E-state index in [0.29, 0.717) is 0 Å². The SMILES string of the molecule is C[Si](C)(C)[N].C[Si](C)(C)[N].C[Si](C)(C)[N].C[Si](C)(C)[N].[HH].[HH].[HH].[HH].[Sn].[Sn].[Sn].[Sn]. The Bertz CT molecular complexity index is 170. The van der Waals surface area contributed by atoms with E-state index >= 15 is 0 Å². The second-order valence-corrected chi connectivity index (χ2v) is 26.0. The van der Waals surface area contributed by atoms with E-state index in [-0.39, 0.29) is 101 Å². The Labute approximate surface area is 231 Å². The van der Waals surface area contributed by atoms with Crippen molar-refractivity contribution < 1.29 is 5.71 Å². The van der Waals surface area contributed by atoms with E-state index in [0.717, 1.165) is 0 Å². The summed E-state index contributed by atoms with van der Waals surface area (Å²) in [5.41, 5.74) is 0. The fourth-order valence-electron chi connectivity index (χ4n) is 0. The number of hydrogen-bond donors (Lipinski definition) is 0. The summed E-state index contributed by atoms with van der Waals surface area (Å²) in [6.45, 7) is 22.6. The van der Waals surface area contributed by atoms with Crippen LogP contribution in [0.4, 0.5) is 0 Å². The first-order chi connectivity index (χ1) is 8.00. The zero-order valence-corrected chi connectivity index (χ0v) is 33.2. The van der Waals surface area contributed by atoms with Crippen LogP contribution in [0, 0.1) is 0 Å². The zero-order valence-electron chi connectivity index (χ0n) is 17.8. The van der Waals surface area contributed by atoms with Gasteiger partial charge in [0.1, 0.15) is 0 Å². The Balaban J connectivity index is -0.0000000111. The molecule has 4 nitrogen and oxygen atoms in total. The van der Waals surface area contributed by atoms with E-state index in [1.807, 2.05) is 78.6 Å². The molecule has 12 heteroatoms. The van der Waals surface area contributed by atoms with Gasteiger partial charge in [-0.25, -0.2) is 0 Å². The van der Waals surface area contributed by atoms with Crippen molar-refractivity contribution in [2.75, 3.05) is 0 Å². The van der Waals surface area contributed by atoms with Crippen molar-refractivity contribution in [2.45, 2.75) is 78.6 Å². The van der Waals surface area contributed by atoms with Gasteiger partial charge in [0.05, 0.1) is 0 Å². The third-order valence-electron chi connectivity index (χ3n) is 0. The van der Waals surface area contributed by atoms with E-state index in [9.17, 15) is 0 Å². The van der Waals surface area contributed by atoms with Crippen molar-refractivity contribution >= 4 is 129 Å². The average molecular weight is 832 g/mol. The molecular formula is C12H44N4Si4Sn4. The second-order valence-electron chi connectivity index (χ2n) is 8.68. The molecule has 0 atom stereocenters. The van der Waals surface area contributed by atoms with Gasteiger partial charge in [0.15, 0.2) is 32.9 Å². The van der Waals surface area contributed by atoms with Gasteiger partial charge in [-0.3, -0.25) is 0 Å². The summed E-state index contributed by atoms with van der Waals surface area (Å²) in [6, 6.07) is 0. The minimum atomic E-state index is -1.61. The maximum Gasteiger partial charge on any atom is 0.160 e. The molecule has 0 spiro atoms. The summed E-state index contributed by atoms with van der Waals surface area (Å²) in [5.74, 6) is 0. The molecule has 0 aromatic carbocycles. The van der Waals surface area contributed by atoms with Crippen LogP contribution in [0.15, 0.2) is 0 Å². The predicted octanol–water partition coefficient (Wildman–Crippen LogP) is 3.02. The molecule has 0 rings (SSSR count). The number of hydrogen-bond acceptors (Lipinski definition) is 0. The predicted molar refractivity (Wildman–Crippen MR) is 133 cm³/mol. The molecule has 0 aliphatic heterocycles. The molecular weight excluding hydrogens is 787 g/mol. The molecule has 0 saturated heterocycles. The molecule has 0 aromatic heterocycles. The third kappa shape index (κ3) is 1050. The van der Waals surface area contributed by atoms with Crippen LogP contribution in [0.3, 0.4) is 0 Å². The van der Waals surface area contributed by atoms with Crippen molar-refractivity contribution in [3.8, 4) is 0 Å². The van der Waals surface area contributed by atoms with Crippen LogP contribution >= 0.6 is 0 Å². The Hall–Kier alpha value is 3.90. The van der Waals surface area contributed by atoms with Crippen molar-refractivity contribution in [3.63, 3.8) is 0 Å². The quantitative estimate of drug-likeness (QED) is 0.337. The molecule has 0 aromatic rings. The summed E-state index contributed by atoms with van der Waals surface area (Å²) in [7, 11) is -6.44. The molecule has 0 heterocycles. The third-order valence-corrected chi connectivity index (χ3v) is 0. The molecule has 0 saturated carbocycles. The summed E-state index contributed by atoms with van der Waals surface area (Å²) in [6.07, 6.45) is 0. The molecule has 0 unspecified atom stereocenters. The summed E-state index contributed by atoms with van der Waals surface area (Å²) in [5, 5.41) is 34.6. The second kappa shape index (κ2) is 23.2. The van der Waals surface area contributed by atoms with Crippen LogP contribution in [-0.2, 0) is 0 Å². The molecule has 24 radical (unpaired) electrons. The van der Waals surface area contributed by atoms with Crippen LogP contribution in [0.1, 0.15) is 5.71 Å². The molecule has 0 fully saturated rings. The van der Waals surface area contributed by atoms with Gasteiger partial charge in [0, 0.05) is 101 Å². The molecule has 0 bridgehead atoms. The Morgan fingerprint density at radius 3 is 0.333 bits per heavy atom. The smallest absolute Gasteiger partial charge is 0.160 e. The number of nitrogens with zero attached hydrogens (tertiary/aromatic N) is 4. The summed E-state index contributed by atoms with van der Waals surface area (Å²) in [4.78, 5) is 0. The van der Waals surface area contributed by atoms with E-state index in [4.69, 9.17) is 21.6 Å². The first-order valence-corrected chi connectivity index (χ1v) is 20.7. The van der Waals surface area contributed by atoms with Gasteiger partial charge in [-0.15, -0.1) is 0 Å². The van der Waals surface area contributed by atoms with E-state index in [2.05, 4.69) is 0 Å². The molecule has 0 aliphatic rings. The largest absolute Gasteiger partial charge is 0.189 e. The maximum absolute atomic E-state index is 8.66. The van der Waals surface area contributed by atoms with E-state index < -0.39 is 32.9 Å². The first-order valence-electron chi connectivity index (χ1n) is 6.89. The first kappa shape index (κ1) is 51.0. The van der Waals surface area contributed by atoms with Gasteiger partial charge in [-0.1, -0.05) is 78.6 Å². The van der Waals surface area contributed by atoms with Gasteiger partial charge in [0.2, 0.25) is 0 Å². The molecule has 24 heavy (non-hydrogen) atoms. The van der Waals surface area contributed by atoms with Crippen molar-refractivity contribution in [2.24, 2.45) is 0 Å². The number of rotatable bonds is 0. The minimum absolute atomic E-state index is 0. The van der Waals surface area contributed by atoms with Crippen molar-refractivity contribution in [3.05, 3.63) is 0 Å². The van der Waals surface area contributed by atoms with Crippen molar-refractivity contribution in [1.29, 1.82) is 0 Å². The monoisotopic (exact) mass is 836 g/mol. The normalized spacial score (nSPS) is 10.0. The fraction of sp³-hybridized carbons (Fsp3) is 1.00. The fourth-order valence-corrected chi connectivity index (χ4v) is 0. The summed E-state index contributed by atoms with van der Waals surface area (Å²) < 4.78 is 0. The standard InChI is InChI=1S/4C3H9NSi.4Sn.4H2/c4*1-5(2,3)4;;;;;;;;/h4*1-3H3;;;;;4*1H. The molecule has 0 aliphatic carbocycles. The van der Waals surface area contributed by atoms with Gasteiger partial charge < -0.3 is 0 Å². The Morgan fingerprint density at radius 2 is 0.333 bits per heavy atom. The van der Waals surface area contributed by atoms with Crippen molar-refractivity contribution in [1.82, 2.24) is 21.6 Å². The van der Waals surface area contributed by atoms with Crippen LogP contribution in [-0.4, -0.2) is 129 Å².